The van der Waals surface area contributed by atoms with Gasteiger partial charge in [-0.15, -0.1) is 0 Å². The summed E-state index contributed by atoms with van der Waals surface area (Å²) in [6.45, 7) is 1.13. The highest BCUT2D eigenvalue weighted by molar-refractivity contribution is 9.10. The normalized spacial score (nSPS) is 13.7. The van der Waals surface area contributed by atoms with Crippen LogP contribution >= 0.6 is 15.9 Å². The van der Waals surface area contributed by atoms with Gasteiger partial charge in [0.2, 0.25) is 0 Å². The molecule has 0 aliphatic rings. The van der Waals surface area contributed by atoms with Gasteiger partial charge in [-0.25, -0.2) is 9.18 Å². The standard InChI is InChI=1S/C12H13BrFNO4/c1-6(5-16)10(12(18)19)15-11(17)7-2-3-9(14)8(13)4-7/h2-4,6,10,16H,5H2,1H3,(H,15,17)(H,18,19)/t6-,10?/m1/s1. The first-order valence-electron chi connectivity index (χ1n) is 5.46. The molecule has 0 saturated carbocycles. The number of halogens is 2. The van der Waals surface area contributed by atoms with Gasteiger partial charge in [-0.05, 0) is 34.1 Å². The third-order valence-corrected chi connectivity index (χ3v) is 3.20. The molecule has 0 heterocycles. The SMILES string of the molecule is C[C@H](CO)C(NC(=O)c1ccc(F)c(Br)c1)C(=O)O. The lowest BCUT2D eigenvalue weighted by atomic mass is 10.0. The van der Waals surface area contributed by atoms with Crippen molar-refractivity contribution in [1.82, 2.24) is 5.32 Å². The van der Waals surface area contributed by atoms with Crippen LogP contribution in [0.15, 0.2) is 22.7 Å². The average Bonchev–Trinajstić information content (AvgIpc) is 2.37. The van der Waals surface area contributed by atoms with E-state index in [4.69, 9.17) is 10.2 Å². The van der Waals surface area contributed by atoms with Crippen molar-refractivity contribution in [2.24, 2.45) is 5.92 Å². The molecule has 0 fully saturated rings. The van der Waals surface area contributed by atoms with Crippen LogP contribution in [0.3, 0.4) is 0 Å². The Hall–Kier alpha value is -1.47. The monoisotopic (exact) mass is 333 g/mol. The second kappa shape index (κ2) is 6.63. The summed E-state index contributed by atoms with van der Waals surface area (Å²) < 4.78 is 13.1. The smallest absolute Gasteiger partial charge is 0.326 e. The number of carbonyl (C=O) groups excluding carboxylic acids is 1. The molecular formula is C12H13BrFNO4. The van der Waals surface area contributed by atoms with Gasteiger partial charge >= 0.3 is 5.97 Å². The van der Waals surface area contributed by atoms with Crippen molar-refractivity contribution in [1.29, 1.82) is 0 Å². The number of hydrogen-bond acceptors (Lipinski definition) is 3. The van der Waals surface area contributed by atoms with Crippen molar-refractivity contribution in [3.8, 4) is 0 Å². The Labute approximate surface area is 117 Å². The summed E-state index contributed by atoms with van der Waals surface area (Å²) in [5, 5.41) is 20.2. The van der Waals surface area contributed by atoms with Crippen LogP contribution in [0.1, 0.15) is 17.3 Å². The molecule has 1 aromatic rings. The van der Waals surface area contributed by atoms with Crippen LogP contribution in [0.5, 0.6) is 0 Å². The molecule has 0 aromatic heterocycles. The zero-order valence-electron chi connectivity index (χ0n) is 10.1. The van der Waals surface area contributed by atoms with Crippen LogP contribution in [0.4, 0.5) is 4.39 Å². The third-order valence-electron chi connectivity index (χ3n) is 2.59. The number of amides is 1. The van der Waals surface area contributed by atoms with E-state index in [2.05, 4.69) is 21.2 Å². The van der Waals surface area contributed by atoms with Gasteiger partial charge in [-0.3, -0.25) is 4.79 Å². The Morgan fingerprint density at radius 2 is 2.11 bits per heavy atom. The number of aliphatic hydroxyl groups excluding tert-OH is 1. The van der Waals surface area contributed by atoms with E-state index in [1.165, 1.54) is 19.1 Å². The van der Waals surface area contributed by atoms with Gasteiger partial charge in [0, 0.05) is 18.1 Å². The molecule has 0 radical (unpaired) electrons. The fourth-order valence-electron chi connectivity index (χ4n) is 1.41. The fraction of sp³-hybridized carbons (Fsp3) is 0.333. The second-order valence-electron chi connectivity index (χ2n) is 4.08. The minimum Gasteiger partial charge on any atom is -0.480 e. The van der Waals surface area contributed by atoms with Crippen LogP contribution in [0, 0.1) is 11.7 Å². The van der Waals surface area contributed by atoms with E-state index in [1.54, 1.807) is 0 Å². The van der Waals surface area contributed by atoms with E-state index in [-0.39, 0.29) is 16.6 Å². The molecule has 5 nitrogen and oxygen atoms in total. The number of carboxylic acid groups (broad SMARTS) is 1. The topological polar surface area (TPSA) is 86.6 Å². The summed E-state index contributed by atoms with van der Waals surface area (Å²) in [6, 6.07) is 2.40. The van der Waals surface area contributed by atoms with Crippen LogP contribution in [0.25, 0.3) is 0 Å². The Morgan fingerprint density at radius 1 is 1.47 bits per heavy atom. The van der Waals surface area contributed by atoms with Crippen molar-refractivity contribution in [3.05, 3.63) is 34.1 Å². The molecule has 19 heavy (non-hydrogen) atoms. The molecule has 7 heteroatoms. The summed E-state index contributed by atoms with van der Waals surface area (Å²) in [5.74, 6) is -3.04. The highest BCUT2D eigenvalue weighted by Crippen LogP contribution is 2.17. The van der Waals surface area contributed by atoms with Crippen molar-refractivity contribution < 1.29 is 24.2 Å². The van der Waals surface area contributed by atoms with Crippen LogP contribution < -0.4 is 5.32 Å². The largest absolute Gasteiger partial charge is 0.480 e. The summed E-state index contributed by atoms with van der Waals surface area (Å²) in [6.07, 6.45) is 0. The van der Waals surface area contributed by atoms with Gasteiger partial charge in [-0.2, -0.15) is 0 Å². The molecule has 0 aliphatic heterocycles. The minimum atomic E-state index is -1.24. The third kappa shape index (κ3) is 4.00. The summed E-state index contributed by atoms with van der Waals surface area (Å²) in [4.78, 5) is 22.8. The van der Waals surface area contributed by atoms with Crippen LogP contribution in [0.2, 0.25) is 0 Å². The van der Waals surface area contributed by atoms with Gasteiger partial charge in [0.15, 0.2) is 0 Å². The molecule has 104 valence electrons. The Balaban J connectivity index is 2.87. The second-order valence-corrected chi connectivity index (χ2v) is 4.93. The molecule has 1 unspecified atom stereocenters. The minimum absolute atomic E-state index is 0.113. The number of aliphatic carboxylic acids is 1. The van der Waals surface area contributed by atoms with Crippen LogP contribution in [-0.2, 0) is 4.79 Å². The van der Waals surface area contributed by atoms with Gasteiger partial charge in [0.1, 0.15) is 11.9 Å². The highest BCUT2D eigenvalue weighted by atomic mass is 79.9. The van der Waals surface area contributed by atoms with E-state index in [9.17, 15) is 14.0 Å². The van der Waals surface area contributed by atoms with Crippen molar-refractivity contribution in [3.63, 3.8) is 0 Å². The highest BCUT2D eigenvalue weighted by Gasteiger charge is 2.26. The van der Waals surface area contributed by atoms with Crippen molar-refractivity contribution in [2.45, 2.75) is 13.0 Å². The first-order valence-corrected chi connectivity index (χ1v) is 6.25. The van der Waals surface area contributed by atoms with Gasteiger partial charge in [-0.1, -0.05) is 6.92 Å². The first kappa shape index (κ1) is 15.6. The van der Waals surface area contributed by atoms with Crippen molar-refractivity contribution in [2.75, 3.05) is 6.61 Å². The molecule has 0 saturated heterocycles. The van der Waals surface area contributed by atoms with Crippen molar-refractivity contribution >= 4 is 27.8 Å². The lowest BCUT2D eigenvalue weighted by Gasteiger charge is -2.19. The maximum absolute atomic E-state index is 13.0. The molecule has 0 spiro atoms. The summed E-state index contributed by atoms with van der Waals surface area (Å²) in [7, 11) is 0. The lowest BCUT2D eigenvalue weighted by molar-refractivity contribution is -0.141. The Bertz CT molecular complexity index is 495. The zero-order chi connectivity index (χ0) is 14.6. The summed E-state index contributed by atoms with van der Waals surface area (Å²) in [5.41, 5.74) is 0.129. The van der Waals surface area contributed by atoms with E-state index in [1.807, 2.05) is 0 Å². The summed E-state index contributed by atoms with van der Waals surface area (Å²) >= 11 is 2.94. The van der Waals surface area contributed by atoms with E-state index >= 15 is 0 Å². The molecule has 0 bridgehead atoms. The lowest BCUT2D eigenvalue weighted by Crippen LogP contribution is -2.46. The molecular weight excluding hydrogens is 321 g/mol. The average molecular weight is 334 g/mol. The molecule has 1 aromatic carbocycles. The number of aliphatic hydroxyl groups is 1. The zero-order valence-corrected chi connectivity index (χ0v) is 11.6. The molecule has 3 N–H and O–H groups in total. The fourth-order valence-corrected chi connectivity index (χ4v) is 1.79. The van der Waals surface area contributed by atoms with Crippen LogP contribution in [-0.4, -0.2) is 34.7 Å². The number of hydrogen-bond donors (Lipinski definition) is 3. The molecule has 1 amide bonds. The number of benzene rings is 1. The molecule has 0 aliphatic carbocycles. The predicted octanol–water partition coefficient (Wildman–Crippen LogP) is 1.40. The number of rotatable bonds is 5. The Kier molecular flexibility index (Phi) is 5.44. The quantitative estimate of drug-likeness (QED) is 0.760. The maximum Gasteiger partial charge on any atom is 0.326 e. The van der Waals surface area contributed by atoms with E-state index in [0.29, 0.717) is 0 Å². The molecule has 1 rings (SSSR count). The van der Waals surface area contributed by atoms with Gasteiger partial charge < -0.3 is 15.5 Å². The number of carboxylic acids is 1. The number of nitrogens with one attached hydrogen (secondary N) is 1. The first-order chi connectivity index (χ1) is 8.86. The maximum atomic E-state index is 13.0. The van der Waals surface area contributed by atoms with Gasteiger partial charge in [0.05, 0.1) is 4.47 Å². The predicted molar refractivity (Wildman–Crippen MR) is 69.2 cm³/mol. The van der Waals surface area contributed by atoms with Gasteiger partial charge in [0.25, 0.3) is 5.91 Å². The Morgan fingerprint density at radius 3 is 2.58 bits per heavy atom. The molecule has 2 atom stereocenters. The van der Waals surface area contributed by atoms with E-state index < -0.39 is 29.7 Å². The van der Waals surface area contributed by atoms with E-state index in [0.717, 1.165) is 6.07 Å². The number of carbonyl (C=O) groups is 2.